The number of halogens is 1. The molecule has 1 fully saturated rings. The summed E-state index contributed by atoms with van der Waals surface area (Å²) >= 11 is 12.0. The molecule has 4 aromatic rings. The molecule has 1 aliphatic heterocycles. The molecule has 154 valence electrons. The van der Waals surface area contributed by atoms with Gasteiger partial charge in [-0.25, -0.2) is 0 Å². The lowest BCUT2D eigenvalue weighted by Gasteiger charge is -2.26. The number of anilines is 1. The van der Waals surface area contributed by atoms with E-state index in [1.807, 2.05) is 85.8 Å². The molecule has 0 radical (unpaired) electrons. The monoisotopic (exact) mass is 445 g/mol. The molecule has 1 aliphatic rings. The van der Waals surface area contributed by atoms with Gasteiger partial charge in [0.1, 0.15) is 17.6 Å². The van der Waals surface area contributed by atoms with E-state index in [1.54, 1.807) is 6.20 Å². The van der Waals surface area contributed by atoms with E-state index in [4.69, 9.17) is 28.2 Å². The maximum Gasteiger partial charge on any atom is 0.174 e. The number of hydrogen-bond acceptors (Lipinski definition) is 3. The van der Waals surface area contributed by atoms with Gasteiger partial charge in [-0.05, 0) is 73.2 Å². The van der Waals surface area contributed by atoms with Crippen molar-refractivity contribution in [1.29, 1.82) is 0 Å². The van der Waals surface area contributed by atoms with E-state index in [0.717, 1.165) is 34.0 Å². The molecule has 5 rings (SSSR count). The van der Waals surface area contributed by atoms with Crippen molar-refractivity contribution in [3.8, 4) is 11.3 Å². The molecule has 0 saturated carbocycles. The summed E-state index contributed by atoms with van der Waals surface area (Å²) in [5.41, 5.74) is 3.99. The second kappa shape index (κ2) is 8.17. The van der Waals surface area contributed by atoms with E-state index >= 15 is 0 Å². The maximum atomic E-state index is 6.41. The predicted molar refractivity (Wildman–Crippen MR) is 128 cm³/mol. The number of thiocarbonyl (C=S) groups is 1. The molecular weight excluding hydrogens is 426 g/mol. The molecule has 31 heavy (non-hydrogen) atoms. The number of nitrogens with zero attached hydrogens (tertiary/aromatic N) is 2. The van der Waals surface area contributed by atoms with Crippen LogP contribution in [0.15, 0.2) is 89.5 Å². The Balaban J connectivity index is 1.61. The molecule has 4 nitrogen and oxygen atoms in total. The van der Waals surface area contributed by atoms with Gasteiger partial charge < -0.3 is 14.6 Å². The van der Waals surface area contributed by atoms with Crippen LogP contribution in [0.4, 0.5) is 5.69 Å². The van der Waals surface area contributed by atoms with Gasteiger partial charge in [0.15, 0.2) is 5.11 Å². The van der Waals surface area contributed by atoms with Crippen molar-refractivity contribution < 1.29 is 4.42 Å². The summed E-state index contributed by atoms with van der Waals surface area (Å²) < 4.78 is 6.41. The number of para-hydroxylation sites is 1. The number of aryl methyl sites for hydroxylation is 1. The molecule has 6 heteroatoms. The Kier molecular flexibility index (Phi) is 5.22. The third kappa shape index (κ3) is 3.71. The molecule has 2 aromatic carbocycles. The van der Waals surface area contributed by atoms with Crippen LogP contribution in [0, 0.1) is 6.92 Å². The molecular formula is C25H20ClN3OS. The lowest BCUT2D eigenvalue weighted by molar-refractivity contribution is 0.439. The van der Waals surface area contributed by atoms with Gasteiger partial charge in [-0.3, -0.25) is 4.98 Å². The Morgan fingerprint density at radius 3 is 2.58 bits per heavy atom. The number of nitrogens with one attached hydrogen (secondary N) is 1. The minimum absolute atomic E-state index is 0.145. The third-order valence-corrected chi connectivity index (χ3v) is 6.07. The first-order chi connectivity index (χ1) is 15.1. The summed E-state index contributed by atoms with van der Waals surface area (Å²) in [6.45, 7) is 2.05. The van der Waals surface area contributed by atoms with E-state index in [-0.39, 0.29) is 12.1 Å². The van der Waals surface area contributed by atoms with Crippen molar-refractivity contribution in [2.75, 3.05) is 4.90 Å². The highest BCUT2D eigenvalue weighted by atomic mass is 35.5. The van der Waals surface area contributed by atoms with E-state index in [1.165, 1.54) is 0 Å². The smallest absolute Gasteiger partial charge is 0.174 e. The second-order valence-corrected chi connectivity index (χ2v) is 8.32. The molecule has 0 spiro atoms. The zero-order valence-corrected chi connectivity index (χ0v) is 18.4. The molecule has 3 heterocycles. The largest absolute Gasteiger partial charge is 0.459 e. The van der Waals surface area contributed by atoms with Crippen molar-refractivity contribution in [3.63, 3.8) is 0 Å². The summed E-state index contributed by atoms with van der Waals surface area (Å²) in [7, 11) is 0. The number of aromatic nitrogens is 1. The van der Waals surface area contributed by atoms with Gasteiger partial charge in [-0.2, -0.15) is 0 Å². The Morgan fingerprint density at radius 1 is 1.00 bits per heavy atom. The zero-order chi connectivity index (χ0) is 21.4. The predicted octanol–water partition coefficient (Wildman–Crippen LogP) is 6.48. The maximum absolute atomic E-state index is 6.41. The first kappa shape index (κ1) is 19.8. The minimum atomic E-state index is -0.182. The average Bonchev–Trinajstić information content (AvgIpc) is 3.41. The van der Waals surface area contributed by atoms with Crippen molar-refractivity contribution in [1.82, 2.24) is 10.3 Å². The number of furan rings is 1. The summed E-state index contributed by atoms with van der Waals surface area (Å²) in [6.07, 6.45) is 1.80. The third-order valence-electron chi connectivity index (χ3n) is 5.52. The quantitative estimate of drug-likeness (QED) is 0.364. The number of benzene rings is 2. The van der Waals surface area contributed by atoms with Crippen molar-refractivity contribution >= 4 is 34.6 Å². The van der Waals surface area contributed by atoms with Gasteiger partial charge in [0, 0.05) is 22.5 Å². The summed E-state index contributed by atoms with van der Waals surface area (Å²) in [5, 5.41) is 4.77. The fraction of sp³-hybridized carbons (Fsp3) is 0.120. The van der Waals surface area contributed by atoms with E-state index in [0.29, 0.717) is 10.1 Å². The van der Waals surface area contributed by atoms with Gasteiger partial charge in [0.2, 0.25) is 0 Å². The van der Waals surface area contributed by atoms with E-state index in [2.05, 4.69) is 15.2 Å². The zero-order valence-electron chi connectivity index (χ0n) is 16.8. The molecule has 0 amide bonds. The molecule has 1 N–H and O–H groups in total. The van der Waals surface area contributed by atoms with Gasteiger partial charge in [0.25, 0.3) is 0 Å². The van der Waals surface area contributed by atoms with E-state index < -0.39 is 0 Å². The normalized spacial score (nSPS) is 18.3. The van der Waals surface area contributed by atoms with Gasteiger partial charge in [-0.1, -0.05) is 41.9 Å². The highest BCUT2D eigenvalue weighted by Gasteiger charge is 2.42. The van der Waals surface area contributed by atoms with Crippen molar-refractivity contribution in [2.45, 2.75) is 19.0 Å². The molecule has 1 saturated heterocycles. The Morgan fingerprint density at radius 2 is 1.81 bits per heavy atom. The van der Waals surface area contributed by atoms with Crippen LogP contribution in [0.5, 0.6) is 0 Å². The minimum Gasteiger partial charge on any atom is -0.459 e. The first-order valence-corrected chi connectivity index (χ1v) is 10.8. The van der Waals surface area contributed by atoms with Crippen LogP contribution in [-0.4, -0.2) is 10.1 Å². The molecule has 0 unspecified atom stereocenters. The van der Waals surface area contributed by atoms with Crippen molar-refractivity contribution in [2.24, 2.45) is 0 Å². The first-order valence-electron chi connectivity index (χ1n) is 10.0. The Labute approximate surface area is 191 Å². The molecule has 2 atom stereocenters. The number of hydrogen-bond donors (Lipinski definition) is 1. The highest BCUT2D eigenvalue weighted by molar-refractivity contribution is 7.80. The lowest BCUT2D eigenvalue weighted by atomic mass is 10.0. The Bertz CT molecular complexity index is 1230. The molecule has 2 aromatic heterocycles. The van der Waals surface area contributed by atoms with Crippen molar-refractivity contribution in [3.05, 3.63) is 107 Å². The van der Waals surface area contributed by atoms with Gasteiger partial charge in [0.05, 0.1) is 11.7 Å². The van der Waals surface area contributed by atoms with Crippen LogP contribution in [0.3, 0.4) is 0 Å². The fourth-order valence-electron chi connectivity index (χ4n) is 4.03. The number of rotatable bonds is 4. The van der Waals surface area contributed by atoms with Crippen LogP contribution in [0.25, 0.3) is 11.3 Å². The topological polar surface area (TPSA) is 41.3 Å². The Hall–Kier alpha value is -3.15. The van der Waals surface area contributed by atoms with Crippen LogP contribution in [0.1, 0.15) is 29.1 Å². The van der Waals surface area contributed by atoms with Crippen LogP contribution >= 0.6 is 23.8 Å². The van der Waals surface area contributed by atoms with E-state index in [9.17, 15) is 0 Å². The number of pyridine rings is 1. The molecule has 0 bridgehead atoms. The van der Waals surface area contributed by atoms with Crippen LogP contribution < -0.4 is 10.2 Å². The SMILES string of the molecule is Cc1ccc(Cl)cc1-c1ccc([C@H]2[C@@H](c3ccccn3)NC(=S)N2c2ccccc2)o1. The van der Waals surface area contributed by atoms with Gasteiger partial charge >= 0.3 is 0 Å². The van der Waals surface area contributed by atoms with Gasteiger partial charge in [-0.15, -0.1) is 0 Å². The second-order valence-electron chi connectivity index (χ2n) is 7.49. The molecule has 0 aliphatic carbocycles. The highest BCUT2D eigenvalue weighted by Crippen LogP contribution is 2.43. The summed E-state index contributed by atoms with van der Waals surface area (Å²) in [6, 6.07) is 25.5. The van der Waals surface area contributed by atoms with Crippen LogP contribution in [0.2, 0.25) is 5.02 Å². The van der Waals surface area contributed by atoms with Crippen LogP contribution in [-0.2, 0) is 0 Å². The summed E-state index contributed by atoms with van der Waals surface area (Å²) in [5.74, 6) is 1.59. The standard InChI is InChI=1S/C25H20ClN3OS/c1-16-10-11-17(26)15-19(16)21-12-13-22(30-21)24-23(20-9-5-6-14-27-20)28-25(31)29(24)18-7-3-2-4-8-18/h2-15,23-24H,1H3,(H,28,31)/t23-,24+/m1/s1. The summed E-state index contributed by atoms with van der Waals surface area (Å²) in [4.78, 5) is 6.68. The average molecular weight is 446 g/mol. The fourth-order valence-corrected chi connectivity index (χ4v) is 4.54. The lowest BCUT2D eigenvalue weighted by Crippen LogP contribution is -2.29.